The fraction of sp³-hybridized carbons (Fsp3) is 0.300. The van der Waals surface area contributed by atoms with Crippen LogP contribution in [-0.4, -0.2) is 19.0 Å². The van der Waals surface area contributed by atoms with Crippen molar-refractivity contribution in [3.63, 3.8) is 0 Å². The maximum absolute atomic E-state index is 13.2. The third kappa shape index (κ3) is 2.65. The third-order valence-electron chi connectivity index (χ3n) is 2.00. The van der Waals surface area contributed by atoms with Crippen LogP contribution in [0.25, 0.3) is 0 Å². The summed E-state index contributed by atoms with van der Waals surface area (Å²) < 4.78 is 38.8. The molecule has 0 aliphatic carbocycles. The number of hydrogen-bond acceptors (Lipinski definition) is 2. The SMILES string of the molecule is CNC(=O)C(C)Nc1cc(F)cc(F)c1F. The van der Waals surface area contributed by atoms with Gasteiger partial charge in [-0.25, -0.2) is 13.2 Å². The highest BCUT2D eigenvalue weighted by Gasteiger charge is 2.16. The van der Waals surface area contributed by atoms with Crippen molar-refractivity contribution in [2.75, 3.05) is 12.4 Å². The normalized spacial score (nSPS) is 12.1. The molecule has 16 heavy (non-hydrogen) atoms. The highest BCUT2D eigenvalue weighted by atomic mass is 19.2. The first-order valence-corrected chi connectivity index (χ1v) is 4.58. The third-order valence-corrected chi connectivity index (χ3v) is 2.00. The summed E-state index contributed by atoms with van der Waals surface area (Å²) in [6.07, 6.45) is 0. The molecule has 3 nitrogen and oxygen atoms in total. The van der Waals surface area contributed by atoms with Crippen molar-refractivity contribution in [3.05, 3.63) is 29.6 Å². The predicted octanol–water partition coefficient (Wildman–Crippen LogP) is 1.65. The van der Waals surface area contributed by atoms with Crippen LogP contribution in [0.1, 0.15) is 6.92 Å². The Morgan fingerprint density at radius 3 is 2.50 bits per heavy atom. The van der Waals surface area contributed by atoms with Gasteiger partial charge in [-0.15, -0.1) is 0 Å². The number of halogens is 3. The van der Waals surface area contributed by atoms with Crippen LogP contribution in [0.3, 0.4) is 0 Å². The molecule has 0 spiro atoms. The first kappa shape index (κ1) is 12.4. The number of rotatable bonds is 3. The van der Waals surface area contributed by atoms with Crippen molar-refractivity contribution in [2.45, 2.75) is 13.0 Å². The molecule has 0 radical (unpaired) electrons. The van der Waals surface area contributed by atoms with Gasteiger partial charge in [0.25, 0.3) is 0 Å². The molecule has 6 heteroatoms. The van der Waals surface area contributed by atoms with Crippen molar-refractivity contribution in [1.29, 1.82) is 0 Å². The molecule has 0 aromatic heterocycles. The molecule has 0 fully saturated rings. The highest BCUT2D eigenvalue weighted by molar-refractivity contribution is 5.83. The second kappa shape index (κ2) is 4.87. The summed E-state index contributed by atoms with van der Waals surface area (Å²) in [4.78, 5) is 11.1. The zero-order valence-corrected chi connectivity index (χ0v) is 8.77. The van der Waals surface area contributed by atoms with Gasteiger partial charge in [0.15, 0.2) is 11.6 Å². The molecule has 0 aliphatic rings. The molecule has 88 valence electrons. The maximum atomic E-state index is 13.2. The molecule has 0 saturated heterocycles. The van der Waals surface area contributed by atoms with Crippen molar-refractivity contribution in [3.8, 4) is 0 Å². The summed E-state index contributed by atoms with van der Waals surface area (Å²) in [5.74, 6) is -3.83. The fourth-order valence-electron chi connectivity index (χ4n) is 1.18. The Morgan fingerprint density at radius 2 is 1.94 bits per heavy atom. The number of anilines is 1. The number of hydrogen-bond donors (Lipinski definition) is 2. The largest absolute Gasteiger partial charge is 0.371 e. The number of nitrogens with one attached hydrogen (secondary N) is 2. The minimum Gasteiger partial charge on any atom is -0.371 e. The van der Waals surface area contributed by atoms with Crippen molar-refractivity contribution in [1.82, 2.24) is 5.32 Å². The minimum atomic E-state index is -1.30. The topological polar surface area (TPSA) is 41.1 Å². The van der Waals surface area contributed by atoms with Gasteiger partial charge in [0.1, 0.15) is 11.9 Å². The lowest BCUT2D eigenvalue weighted by molar-refractivity contribution is -0.121. The number of benzene rings is 1. The van der Waals surface area contributed by atoms with Crippen molar-refractivity contribution < 1.29 is 18.0 Å². The summed E-state index contributed by atoms with van der Waals surface area (Å²) in [7, 11) is 1.41. The summed E-state index contributed by atoms with van der Waals surface area (Å²) in [6.45, 7) is 1.45. The van der Waals surface area contributed by atoms with Crippen LogP contribution in [0.5, 0.6) is 0 Å². The summed E-state index contributed by atoms with van der Waals surface area (Å²) >= 11 is 0. The molecule has 1 rings (SSSR count). The smallest absolute Gasteiger partial charge is 0.241 e. The van der Waals surface area contributed by atoms with Gasteiger partial charge < -0.3 is 10.6 Å². The van der Waals surface area contributed by atoms with Gasteiger partial charge >= 0.3 is 0 Å². The maximum Gasteiger partial charge on any atom is 0.241 e. The molecule has 0 saturated carbocycles. The molecule has 2 N–H and O–H groups in total. The van der Waals surface area contributed by atoms with E-state index in [0.29, 0.717) is 6.07 Å². The van der Waals surface area contributed by atoms with Crippen LogP contribution < -0.4 is 10.6 Å². The lowest BCUT2D eigenvalue weighted by Crippen LogP contribution is -2.35. The zero-order chi connectivity index (χ0) is 12.3. The van der Waals surface area contributed by atoms with Crippen LogP contribution in [0.2, 0.25) is 0 Å². The first-order chi connectivity index (χ1) is 7.45. The Kier molecular flexibility index (Phi) is 3.76. The Balaban J connectivity index is 2.93. The number of amides is 1. The molecular weight excluding hydrogens is 221 g/mol. The average Bonchev–Trinajstić information content (AvgIpc) is 2.23. The van der Waals surface area contributed by atoms with Crippen LogP contribution in [0, 0.1) is 17.5 Å². The van der Waals surface area contributed by atoms with E-state index in [0.717, 1.165) is 6.07 Å². The monoisotopic (exact) mass is 232 g/mol. The molecular formula is C10H11F3N2O. The average molecular weight is 232 g/mol. The molecule has 1 aromatic carbocycles. The Morgan fingerprint density at radius 1 is 1.31 bits per heavy atom. The van der Waals surface area contributed by atoms with E-state index >= 15 is 0 Å². The Bertz CT molecular complexity index is 409. The zero-order valence-electron chi connectivity index (χ0n) is 8.77. The second-order valence-corrected chi connectivity index (χ2v) is 3.23. The molecule has 0 aliphatic heterocycles. The fourth-order valence-corrected chi connectivity index (χ4v) is 1.18. The first-order valence-electron chi connectivity index (χ1n) is 4.58. The van der Waals surface area contributed by atoms with E-state index in [1.165, 1.54) is 14.0 Å². The van der Waals surface area contributed by atoms with Gasteiger partial charge in [0.05, 0.1) is 5.69 Å². The number of likely N-dealkylation sites (N-methyl/N-ethyl adjacent to an activating group) is 1. The van der Waals surface area contributed by atoms with Gasteiger partial charge in [0, 0.05) is 19.2 Å². The summed E-state index contributed by atoms with van der Waals surface area (Å²) in [5, 5.41) is 4.70. The molecule has 0 heterocycles. The van der Waals surface area contributed by atoms with E-state index in [4.69, 9.17) is 0 Å². The van der Waals surface area contributed by atoms with Crippen molar-refractivity contribution in [2.24, 2.45) is 0 Å². The lowest BCUT2D eigenvalue weighted by atomic mass is 10.2. The van der Waals surface area contributed by atoms with Crippen molar-refractivity contribution >= 4 is 11.6 Å². The molecule has 1 aromatic rings. The number of carbonyl (C=O) groups excluding carboxylic acids is 1. The minimum absolute atomic E-state index is 0.381. The van der Waals surface area contributed by atoms with Gasteiger partial charge in [-0.05, 0) is 6.92 Å². The van der Waals surface area contributed by atoms with Crippen LogP contribution in [-0.2, 0) is 4.79 Å². The number of carbonyl (C=O) groups is 1. The van der Waals surface area contributed by atoms with E-state index in [1.54, 1.807) is 0 Å². The van der Waals surface area contributed by atoms with E-state index < -0.39 is 29.4 Å². The Labute approximate surface area is 90.6 Å². The van der Waals surface area contributed by atoms with E-state index in [2.05, 4.69) is 10.6 Å². The van der Waals surface area contributed by atoms with Gasteiger partial charge in [-0.1, -0.05) is 0 Å². The Hall–Kier alpha value is -1.72. The van der Waals surface area contributed by atoms with Gasteiger partial charge in [0.2, 0.25) is 5.91 Å². The van der Waals surface area contributed by atoms with E-state index in [9.17, 15) is 18.0 Å². The van der Waals surface area contributed by atoms with Gasteiger partial charge in [-0.3, -0.25) is 4.79 Å². The van der Waals surface area contributed by atoms with Crippen LogP contribution in [0.4, 0.5) is 18.9 Å². The van der Waals surface area contributed by atoms with Gasteiger partial charge in [-0.2, -0.15) is 0 Å². The molecule has 0 bridgehead atoms. The predicted molar refractivity (Wildman–Crippen MR) is 53.5 cm³/mol. The molecule has 1 amide bonds. The standard InChI is InChI=1S/C10H11F3N2O/c1-5(10(16)14-2)15-8-4-6(11)3-7(12)9(8)13/h3-5,15H,1-2H3,(H,14,16). The van der Waals surface area contributed by atoms with Crippen LogP contribution in [0.15, 0.2) is 12.1 Å². The quantitative estimate of drug-likeness (QED) is 0.778. The van der Waals surface area contributed by atoms with E-state index in [-0.39, 0.29) is 5.69 Å². The highest BCUT2D eigenvalue weighted by Crippen LogP contribution is 2.19. The lowest BCUT2D eigenvalue weighted by Gasteiger charge is -2.14. The van der Waals surface area contributed by atoms with E-state index in [1.807, 2.05) is 0 Å². The second-order valence-electron chi connectivity index (χ2n) is 3.23. The molecule has 1 unspecified atom stereocenters. The summed E-state index contributed by atoms with van der Waals surface area (Å²) in [6, 6.07) is 0.434. The van der Waals surface area contributed by atoms with Crippen LogP contribution >= 0.6 is 0 Å². The molecule has 1 atom stereocenters. The summed E-state index contributed by atoms with van der Waals surface area (Å²) in [5.41, 5.74) is -0.381.